The second-order valence-corrected chi connectivity index (χ2v) is 10.6. The highest BCUT2D eigenvalue weighted by molar-refractivity contribution is 5.20. The molecule has 0 aromatic rings. The average molecular weight is 386 g/mol. The summed E-state index contributed by atoms with van der Waals surface area (Å²) in [6.07, 6.45) is 24.7. The van der Waals surface area contributed by atoms with E-state index in [0.717, 1.165) is 11.8 Å². The zero-order chi connectivity index (χ0) is 19.6. The van der Waals surface area contributed by atoms with Gasteiger partial charge in [0.25, 0.3) is 0 Å². The van der Waals surface area contributed by atoms with Gasteiger partial charge < -0.3 is 11.5 Å². The number of hydrogen-bond acceptors (Lipinski definition) is 3. The third-order valence-electron chi connectivity index (χ3n) is 8.65. The maximum Gasteiger partial charge on any atom is 0.0622 e. The average Bonchev–Trinajstić information content (AvgIpc) is 2.73. The van der Waals surface area contributed by atoms with Crippen LogP contribution in [0, 0.1) is 29.1 Å². The molecule has 0 spiro atoms. The maximum atomic E-state index is 6.64. The molecule has 0 amide bonds. The van der Waals surface area contributed by atoms with Gasteiger partial charge >= 0.3 is 0 Å². The van der Waals surface area contributed by atoms with Crippen molar-refractivity contribution >= 4 is 0 Å². The van der Waals surface area contributed by atoms with E-state index >= 15 is 0 Å². The Bertz CT molecular complexity index is 582. The summed E-state index contributed by atoms with van der Waals surface area (Å²) in [5.41, 5.74) is 15.4. The Morgan fingerprint density at radius 1 is 1.00 bits per heavy atom. The van der Waals surface area contributed by atoms with Gasteiger partial charge in [-0.05, 0) is 93.8 Å². The maximum absolute atomic E-state index is 6.64. The van der Waals surface area contributed by atoms with Crippen LogP contribution in [0.5, 0.6) is 0 Å². The Morgan fingerprint density at radius 2 is 1.89 bits per heavy atom. The van der Waals surface area contributed by atoms with Crippen LogP contribution in [0.2, 0.25) is 0 Å². The largest absolute Gasteiger partial charge is 0.316 e. The van der Waals surface area contributed by atoms with E-state index in [-0.39, 0.29) is 12.3 Å². The third-order valence-corrected chi connectivity index (χ3v) is 8.65. The lowest BCUT2D eigenvalue weighted by atomic mass is 9.61. The van der Waals surface area contributed by atoms with Gasteiger partial charge in [0.05, 0.1) is 12.3 Å². The fourth-order valence-corrected chi connectivity index (χ4v) is 6.66. The molecular formula is C25H43N3. The molecule has 28 heavy (non-hydrogen) atoms. The van der Waals surface area contributed by atoms with E-state index < -0.39 is 0 Å². The van der Waals surface area contributed by atoms with Crippen LogP contribution >= 0.6 is 0 Å². The lowest BCUT2D eigenvalue weighted by Crippen LogP contribution is -2.55. The summed E-state index contributed by atoms with van der Waals surface area (Å²) in [6, 6.07) is 0. The molecule has 0 radical (unpaired) electrons. The molecule has 5 N–H and O–H groups in total. The topological polar surface area (TPSA) is 64.1 Å². The molecule has 158 valence electrons. The lowest BCUT2D eigenvalue weighted by Gasteiger charge is -2.45. The molecule has 2 fully saturated rings. The van der Waals surface area contributed by atoms with Crippen molar-refractivity contribution in [3.8, 4) is 0 Å². The Balaban J connectivity index is 1.34. The summed E-state index contributed by atoms with van der Waals surface area (Å²) in [7, 11) is 0. The van der Waals surface area contributed by atoms with Crippen molar-refractivity contribution in [3.63, 3.8) is 0 Å². The van der Waals surface area contributed by atoms with Crippen molar-refractivity contribution in [2.24, 2.45) is 40.6 Å². The van der Waals surface area contributed by atoms with E-state index in [0.29, 0.717) is 17.3 Å². The normalized spacial score (nSPS) is 41.0. The van der Waals surface area contributed by atoms with Crippen molar-refractivity contribution in [3.05, 3.63) is 23.8 Å². The van der Waals surface area contributed by atoms with Gasteiger partial charge in [-0.2, -0.15) is 0 Å². The molecule has 0 aromatic carbocycles. The zero-order valence-electron chi connectivity index (χ0n) is 18.0. The first-order chi connectivity index (χ1) is 13.5. The van der Waals surface area contributed by atoms with Crippen LogP contribution in [-0.2, 0) is 0 Å². The summed E-state index contributed by atoms with van der Waals surface area (Å²) in [4.78, 5) is 0. The molecule has 3 nitrogen and oxygen atoms in total. The number of rotatable bonds is 5. The van der Waals surface area contributed by atoms with Crippen LogP contribution in [-0.4, -0.2) is 12.3 Å². The molecule has 2 saturated carbocycles. The first-order valence-corrected chi connectivity index (χ1v) is 12.2. The van der Waals surface area contributed by atoms with E-state index in [4.69, 9.17) is 11.5 Å². The van der Waals surface area contributed by atoms with Crippen molar-refractivity contribution in [2.75, 3.05) is 0 Å². The zero-order valence-corrected chi connectivity index (χ0v) is 18.0. The summed E-state index contributed by atoms with van der Waals surface area (Å²) in [5, 5.41) is 3.58. The molecule has 7 atom stereocenters. The second kappa shape index (κ2) is 9.02. The predicted molar refractivity (Wildman–Crippen MR) is 118 cm³/mol. The highest BCUT2D eigenvalue weighted by Gasteiger charge is 2.39. The molecule has 0 bridgehead atoms. The van der Waals surface area contributed by atoms with E-state index in [1.165, 1.54) is 83.5 Å². The van der Waals surface area contributed by atoms with Crippen molar-refractivity contribution < 1.29 is 0 Å². The van der Waals surface area contributed by atoms with Gasteiger partial charge in [-0.3, -0.25) is 5.32 Å². The molecule has 4 rings (SSSR count). The highest BCUT2D eigenvalue weighted by atomic mass is 15.1. The SMILES string of the molecule is CC12CCCCC1=CC(C1CCCC(C(N)NC(N)C3C=CCCC3)C1)CC2. The Hall–Kier alpha value is -0.640. The fourth-order valence-electron chi connectivity index (χ4n) is 6.66. The van der Waals surface area contributed by atoms with E-state index in [1.807, 2.05) is 0 Å². The summed E-state index contributed by atoms with van der Waals surface area (Å²) >= 11 is 0. The molecular weight excluding hydrogens is 342 g/mol. The van der Waals surface area contributed by atoms with E-state index in [2.05, 4.69) is 30.5 Å². The van der Waals surface area contributed by atoms with Gasteiger partial charge in [-0.1, -0.05) is 43.6 Å². The molecule has 4 aliphatic rings. The molecule has 0 aliphatic heterocycles. The molecule has 7 unspecified atom stereocenters. The van der Waals surface area contributed by atoms with Gasteiger partial charge in [0.1, 0.15) is 0 Å². The number of nitrogens with one attached hydrogen (secondary N) is 1. The van der Waals surface area contributed by atoms with Crippen LogP contribution in [0.25, 0.3) is 0 Å². The fraction of sp³-hybridized carbons (Fsp3) is 0.840. The van der Waals surface area contributed by atoms with Crippen LogP contribution in [0.1, 0.15) is 90.4 Å². The molecule has 4 aliphatic carbocycles. The van der Waals surface area contributed by atoms with Crippen LogP contribution in [0.3, 0.4) is 0 Å². The number of fused-ring (bicyclic) bond motifs is 1. The van der Waals surface area contributed by atoms with Gasteiger partial charge in [-0.25, -0.2) is 0 Å². The predicted octanol–water partition coefficient (Wildman–Crippen LogP) is 5.23. The highest BCUT2D eigenvalue weighted by Crippen LogP contribution is 2.51. The monoisotopic (exact) mass is 385 g/mol. The summed E-state index contributed by atoms with van der Waals surface area (Å²) in [6.45, 7) is 2.53. The molecule has 0 heterocycles. The van der Waals surface area contributed by atoms with Crippen molar-refractivity contribution in [1.29, 1.82) is 0 Å². The second-order valence-electron chi connectivity index (χ2n) is 10.6. The molecule has 3 heteroatoms. The van der Waals surface area contributed by atoms with Gasteiger partial charge in [-0.15, -0.1) is 0 Å². The molecule has 0 saturated heterocycles. The third kappa shape index (κ3) is 4.57. The van der Waals surface area contributed by atoms with Crippen molar-refractivity contribution in [2.45, 2.75) is 103 Å². The number of hydrogen-bond donors (Lipinski definition) is 3. The standard InChI is InChI=1S/C25H43N3/c1-25-14-6-5-12-22(25)17-20(13-15-25)19-10-7-11-21(16-19)24(27)28-23(26)18-8-3-2-4-9-18/h3,8,17-21,23-24,28H,2,4-7,9-16,26-27H2,1H3. The van der Waals surface area contributed by atoms with Crippen LogP contribution in [0.4, 0.5) is 0 Å². The number of nitrogens with two attached hydrogens (primary N) is 2. The van der Waals surface area contributed by atoms with E-state index in [9.17, 15) is 0 Å². The summed E-state index contributed by atoms with van der Waals surface area (Å²) < 4.78 is 0. The number of allylic oxidation sites excluding steroid dienone is 3. The first-order valence-electron chi connectivity index (χ1n) is 12.2. The summed E-state index contributed by atoms with van der Waals surface area (Å²) in [5.74, 6) is 2.66. The van der Waals surface area contributed by atoms with Crippen LogP contribution < -0.4 is 16.8 Å². The first kappa shape index (κ1) is 20.6. The molecule has 0 aromatic heterocycles. The van der Waals surface area contributed by atoms with Crippen LogP contribution in [0.15, 0.2) is 23.8 Å². The Kier molecular flexibility index (Phi) is 6.64. The lowest BCUT2D eigenvalue weighted by molar-refractivity contribution is 0.144. The smallest absolute Gasteiger partial charge is 0.0622 e. The van der Waals surface area contributed by atoms with Gasteiger partial charge in [0, 0.05) is 5.92 Å². The van der Waals surface area contributed by atoms with E-state index in [1.54, 1.807) is 5.57 Å². The van der Waals surface area contributed by atoms with Gasteiger partial charge in [0.15, 0.2) is 0 Å². The minimum atomic E-state index is 0.00618. The minimum absolute atomic E-state index is 0.00618. The quantitative estimate of drug-likeness (QED) is 0.449. The minimum Gasteiger partial charge on any atom is -0.316 e. The van der Waals surface area contributed by atoms with Gasteiger partial charge in [0.2, 0.25) is 0 Å². The Labute approximate surface area is 172 Å². The van der Waals surface area contributed by atoms with Crippen molar-refractivity contribution in [1.82, 2.24) is 5.32 Å². The Morgan fingerprint density at radius 3 is 2.71 bits per heavy atom.